The van der Waals surface area contributed by atoms with Crippen molar-refractivity contribution in [2.24, 2.45) is 5.41 Å². The fraction of sp³-hybridized carbons (Fsp3) is 0.667. The Kier molecular flexibility index (Phi) is 3.86. The van der Waals surface area contributed by atoms with Gasteiger partial charge in [0.2, 0.25) is 0 Å². The van der Waals surface area contributed by atoms with Crippen LogP contribution in [0.15, 0.2) is 12.3 Å². The molecule has 0 saturated heterocycles. The molecule has 64 valence electrons. The van der Waals surface area contributed by atoms with Gasteiger partial charge in [0, 0.05) is 12.8 Å². The molecular formula is C9H18N2. The largest absolute Gasteiger partial charge is 0.394 e. The van der Waals surface area contributed by atoms with Crippen LogP contribution in [0, 0.1) is 10.8 Å². The first-order valence-electron chi connectivity index (χ1n) is 3.87. The zero-order chi connectivity index (χ0) is 8.91. The van der Waals surface area contributed by atoms with Crippen LogP contribution in [0.25, 0.3) is 0 Å². The number of hydrogen-bond donors (Lipinski definition) is 2. The van der Waals surface area contributed by atoms with Crippen molar-refractivity contribution in [1.29, 1.82) is 5.41 Å². The molecule has 2 nitrogen and oxygen atoms in total. The van der Waals surface area contributed by atoms with Gasteiger partial charge in [-0.1, -0.05) is 20.8 Å². The Balaban J connectivity index is 3.80. The third-order valence-electron chi connectivity index (χ3n) is 1.17. The van der Waals surface area contributed by atoms with Crippen LogP contribution < -0.4 is 5.32 Å². The molecule has 0 radical (unpaired) electrons. The predicted octanol–water partition coefficient (Wildman–Crippen LogP) is 2.18. The molecule has 0 saturated carbocycles. The predicted molar refractivity (Wildman–Crippen MR) is 50.0 cm³/mol. The minimum atomic E-state index is 0.217. The minimum Gasteiger partial charge on any atom is -0.394 e. The smallest absolute Gasteiger partial charge is 0.0333 e. The van der Waals surface area contributed by atoms with Crippen molar-refractivity contribution in [3.05, 3.63) is 12.3 Å². The molecule has 0 spiro atoms. The molecule has 0 atom stereocenters. The van der Waals surface area contributed by atoms with Gasteiger partial charge in [-0.05, 0) is 24.1 Å². The van der Waals surface area contributed by atoms with Crippen LogP contribution in [0.1, 0.15) is 27.2 Å². The minimum absolute atomic E-state index is 0.217. The van der Waals surface area contributed by atoms with E-state index in [4.69, 9.17) is 5.41 Å². The zero-order valence-corrected chi connectivity index (χ0v) is 7.86. The van der Waals surface area contributed by atoms with Crippen molar-refractivity contribution < 1.29 is 0 Å². The maximum Gasteiger partial charge on any atom is 0.0333 e. The van der Waals surface area contributed by atoms with Crippen LogP contribution in [-0.2, 0) is 0 Å². The summed E-state index contributed by atoms with van der Waals surface area (Å²) in [4.78, 5) is 0. The summed E-state index contributed by atoms with van der Waals surface area (Å²) in [6, 6.07) is 0. The molecule has 0 aromatic carbocycles. The highest BCUT2D eigenvalue weighted by Crippen LogP contribution is 2.18. The Morgan fingerprint density at radius 1 is 1.45 bits per heavy atom. The van der Waals surface area contributed by atoms with Gasteiger partial charge in [0.25, 0.3) is 0 Å². The van der Waals surface area contributed by atoms with Gasteiger partial charge in [-0.15, -0.1) is 0 Å². The highest BCUT2D eigenvalue weighted by molar-refractivity contribution is 5.92. The second-order valence-electron chi connectivity index (χ2n) is 3.88. The molecule has 11 heavy (non-hydrogen) atoms. The van der Waals surface area contributed by atoms with E-state index in [1.54, 1.807) is 12.3 Å². The first-order chi connectivity index (χ1) is 4.95. The zero-order valence-electron chi connectivity index (χ0n) is 7.86. The van der Waals surface area contributed by atoms with Crippen LogP contribution in [-0.4, -0.2) is 12.8 Å². The molecule has 0 heterocycles. The van der Waals surface area contributed by atoms with Crippen molar-refractivity contribution in [3.8, 4) is 0 Å². The number of rotatable bonds is 3. The highest BCUT2D eigenvalue weighted by atomic mass is 14.8. The van der Waals surface area contributed by atoms with E-state index in [2.05, 4.69) is 26.1 Å². The van der Waals surface area contributed by atoms with E-state index in [9.17, 15) is 0 Å². The molecule has 0 aromatic rings. The monoisotopic (exact) mass is 154 g/mol. The van der Waals surface area contributed by atoms with Gasteiger partial charge in [-0.3, -0.25) is 0 Å². The average molecular weight is 154 g/mol. The van der Waals surface area contributed by atoms with E-state index in [-0.39, 0.29) is 5.41 Å². The fourth-order valence-electron chi connectivity index (χ4n) is 0.814. The van der Waals surface area contributed by atoms with Crippen molar-refractivity contribution in [1.82, 2.24) is 5.32 Å². The van der Waals surface area contributed by atoms with Crippen LogP contribution in [0.2, 0.25) is 0 Å². The average Bonchev–Trinajstić information content (AvgIpc) is 1.79. The Bertz CT molecular complexity index is 151. The second-order valence-corrected chi connectivity index (χ2v) is 3.88. The molecular weight excluding hydrogens is 136 g/mol. The fourth-order valence-corrected chi connectivity index (χ4v) is 0.814. The first-order valence-corrected chi connectivity index (χ1v) is 3.87. The second kappa shape index (κ2) is 4.16. The summed E-state index contributed by atoms with van der Waals surface area (Å²) in [7, 11) is 1.83. The van der Waals surface area contributed by atoms with Crippen molar-refractivity contribution >= 4 is 5.71 Å². The van der Waals surface area contributed by atoms with Crippen molar-refractivity contribution in [2.45, 2.75) is 27.2 Å². The Labute approximate surface area is 69.2 Å². The summed E-state index contributed by atoms with van der Waals surface area (Å²) in [6.07, 6.45) is 4.41. The maximum atomic E-state index is 7.52. The van der Waals surface area contributed by atoms with Gasteiger partial charge in [-0.25, -0.2) is 0 Å². The quantitative estimate of drug-likeness (QED) is 0.600. The standard InChI is InChI=1S/C9H18N2/c1-9(2,3)7-8(10)5-6-11-4/h5-6,10-11H,7H2,1-4H3/b6-5-,10-8?. The van der Waals surface area contributed by atoms with E-state index in [0.29, 0.717) is 5.71 Å². The lowest BCUT2D eigenvalue weighted by atomic mass is 9.90. The summed E-state index contributed by atoms with van der Waals surface area (Å²) in [5, 5.41) is 10.4. The molecule has 0 unspecified atom stereocenters. The number of allylic oxidation sites excluding steroid dienone is 1. The van der Waals surface area contributed by atoms with Gasteiger partial charge in [0.15, 0.2) is 0 Å². The summed E-state index contributed by atoms with van der Waals surface area (Å²) >= 11 is 0. The SMILES string of the molecule is CN/C=C\C(=N)CC(C)(C)C. The van der Waals surface area contributed by atoms with E-state index in [0.717, 1.165) is 6.42 Å². The first kappa shape index (κ1) is 10.2. The van der Waals surface area contributed by atoms with Gasteiger partial charge < -0.3 is 10.7 Å². The summed E-state index contributed by atoms with van der Waals surface area (Å²) in [5.74, 6) is 0. The summed E-state index contributed by atoms with van der Waals surface area (Å²) < 4.78 is 0. The number of nitrogens with one attached hydrogen (secondary N) is 2. The molecule has 0 aliphatic heterocycles. The summed E-state index contributed by atoms with van der Waals surface area (Å²) in [6.45, 7) is 6.40. The molecule has 0 bridgehead atoms. The van der Waals surface area contributed by atoms with Gasteiger partial charge >= 0.3 is 0 Å². The van der Waals surface area contributed by atoms with E-state index >= 15 is 0 Å². The molecule has 0 amide bonds. The van der Waals surface area contributed by atoms with Crippen LogP contribution in [0.5, 0.6) is 0 Å². The normalized spacial score (nSPS) is 12.0. The van der Waals surface area contributed by atoms with E-state index < -0.39 is 0 Å². The lowest BCUT2D eigenvalue weighted by Crippen LogP contribution is -2.10. The molecule has 0 aliphatic carbocycles. The number of hydrogen-bond acceptors (Lipinski definition) is 2. The van der Waals surface area contributed by atoms with Crippen LogP contribution in [0.4, 0.5) is 0 Å². The Morgan fingerprint density at radius 2 is 2.00 bits per heavy atom. The van der Waals surface area contributed by atoms with E-state index in [1.165, 1.54) is 0 Å². The lowest BCUT2D eigenvalue weighted by molar-refractivity contribution is 0.434. The molecule has 0 fully saturated rings. The summed E-state index contributed by atoms with van der Waals surface area (Å²) in [5.41, 5.74) is 0.890. The third kappa shape index (κ3) is 7.10. The van der Waals surface area contributed by atoms with Crippen molar-refractivity contribution in [3.63, 3.8) is 0 Å². The van der Waals surface area contributed by atoms with Gasteiger partial charge in [0.1, 0.15) is 0 Å². The highest BCUT2D eigenvalue weighted by Gasteiger charge is 2.10. The maximum absolute atomic E-state index is 7.52. The molecule has 0 aromatic heterocycles. The lowest BCUT2D eigenvalue weighted by Gasteiger charge is -2.16. The molecule has 2 heteroatoms. The van der Waals surface area contributed by atoms with Crippen LogP contribution in [0.3, 0.4) is 0 Å². The molecule has 0 rings (SSSR count). The van der Waals surface area contributed by atoms with Gasteiger partial charge in [0.05, 0.1) is 0 Å². The third-order valence-corrected chi connectivity index (χ3v) is 1.17. The van der Waals surface area contributed by atoms with Gasteiger partial charge in [-0.2, -0.15) is 0 Å². The Morgan fingerprint density at radius 3 is 2.36 bits per heavy atom. The molecule has 2 N–H and O–H groups in total. The topological polar surface area (TPSA) is 35.9 Å². The van der Waals surface area contributed by atoms with E-state index in [1.807, 2.05) is 7.05 Å². The molecule has 0 aliphatic rings. The Hall–Kier alpha value is -0.790. The van der Waals surface area contributed by atoms with Crippen molar-refractivity contribution in [2.75, 3.05) is 7.05 Å². The van der Waals surface area contributed by atoms with Crippen LogP contribution >= 0.6 is 0 Å².